The van der Waals surface area contributed by atoms with Crippen LogP contribution in [0.2, 0.25) is 0 Å². The van der Waals surface area contributed by atoms with Gasteiger partial charge in [-0.2, -0.15) is 0 Å². The van der Waals surface area contributed by atoms with E-state index in [1.807, 2.05) is 30.3 Å². The predicted octanol–water partition coefficient (Wildman–Crippen LogP) is 0.786. The second kappa shape index (κ2) is 6.51. The number of H-pyrrole nitrogens is 1. The predicted molar refractivity (Wildman–Crippen MR) is 89.5 cm³/mol. The zero-order valence-electron chi connectivity index (χ0n) is 13.4. The van der Waals surface area contributed by atoms with Gasteiger partial charge >= 0.3 is 5.69 Å². The Bertz CT molecular complexity index is 821. The van der Waals surface area contributed by atoms with Gasteiger partial charge in [0, 0.05) is 13.0 Å². The van der Waals surface area contributed by atoms with E-state index < -0.39 is 11.2 Å². The summed E-state index contributed by atoms with van der Waals surface area (Å²) in [7, 11) is 1.47. The Morgan fingerprint density at radius 1 is 1.26 bits per heavy atom. The number of benzene rings is 1. The molecule has 0 spiro atoms. The molecular formula is C16H20N4O3. The number of amides is 1. The molecule has 0 atom stereocenters. The number of carbonyl (C=O) groups excluding carboxylic acids is 1. The highest BCUT2D eigenvalue weighted by atomic mass is 16.2. The number of rotatable bonds is 4. The molecule has 3 N–H and O–H groups in total. The zero-order chi connectivity index (χ0) is 17.1. The van der Waals surface area contributed by atoms with Crippen LogP contribution in [0.3, 0.4) is 0 Å². The van der Waals surface area contributed by atoms with Crippen LogP contribution in [-0.4, -0.2) is 22.5 Å². The molecule has 7 nitrogen and oxygen atoms in total. The third-order valence-electron chi connectivity index (χ3n) is 3.56. The lowest BCUT2D eigenvalue weighted by molar-refractivity contribution is -0.121. The lowest BCUT2D eigenvalue weighted by Gasteiger charge is -2.21. The molecule has 0 bridgehead atoms. The van der Waals surface area contributed by atoms with Crippen LogP contribution in [0.4, 0.5) is 11.5 Å². The summed E-state index contributed by atoms with van der Waals surface area (Å²) < 4.78 is 1.25. The van der Waals surface area contributed by atoms with Crippen molar-refractivity contribution >= 4 is 17.4 Å². The first-order chi connectivity index (χ1) is 10.8. The van der Waals surface area contributed by atoms with Crippen LogP contribution in [-0.2, 0) is 11.3 Å². The molecule has 0 saturated heterocycles. The zero-order valence-corrected chi connectivity index (χ0v) is 13.4. The summed E-state index contributed by atoms with van der Waals surface area (Å²) in [5.74, 6) is -0.584. The summed E-state index contributed by atoms with van der Waals surface area (Å²) in [6, 6.07) is 9.25. The third kappa shape index (κ3) is 3.33. The molecule has 0 aliphatic heterocycles. The number of aromatic nitrogens is 2. The number of nitrogens with one attached hydrogen (secondary N) is 1. The number of aromatic amines is 1. The van der Waals surface area contributed by atoms with E-state index in [-0.39, 0.29) is 29.9 Å². The number of anilines is 2. The summed E-state index contributed by atoms with van der Waals surface area (Å²) in [6.07, 6.45) is 0. The second-order valence-corrected chi connectivity index (χ2v) is 5.62. The Morgan fingerprint density at radius 3 is 2.43 bits per heavy atom. The average molecular weight is 316 g/mol. The van der Waals surface area contributed by atoms with Gasteiger partial charge in [-0.25, -0.2) is 4.79 Å². The molecule has 0 saturated carbocycles. The molecule has 0 fully saturated rings. The standard InChI is InChI=1S/C16H20N4O3/c1-10(2)15(22)19(3)12-13(17)20(16(23)18-14(12)21)9-11-7-5-4-6-8-11/h4-8,10H,9,17H2,1-3H3,(H,18,21,23). The van der Waals surface area contributed by atoms with Crippen molar-refractivity contribution in [3.63, 3.8) is 0 Å². The Morgan fingerprint density at radius 2 is 1.87 bits per heavy atom. The largest absolute Gasteiger partial charge is 0.383 e. The summed E-state index contributed by atoms with van der Waals surface area (Å²) in [4.78, 5) is 39.7. The van der Waals surface area contributed by atoms with Crippen LogP contribution in [0.25, 0.3) is 0 Å². The average Bonchev–Trinajstić information content (AvgIpc) is 2.51. The fraction of sp³-hybridized carbons (Fsp3) is 0.312. The summed E-state index contributed by atoms with van der Waals surface area (Å²) >= 11 is 0. The third-order valence-corrected chi connectivity index (χ3v) is 3.56. The second-order valence-electron chi connectivity index (χ2n) is 5.62. The topological polar surface area (TPSA) is 101 Å². The van der Waals surface area contributed by atoms with Gasteiger partial charge in [0.1, 0.15) is 5.82 Å². The number of nitrogens with two attached hydrogens (primary N) is 1. The maximum absolute atomic E-state index is 12.1. The minimum Gasteiger partial charge on any atom is -0.383 e. The highest BCUT2D eigenvalue weighted by molar-refractivity contribution is 5.96. The van der Waals surface area contributed by atoms with Gasteiger partial charge < -0.3 is 10.6 Å². The molecule has 7 heteroatoms. The molecule has 1 heterocycles. The smallest absolute Gasteiger partial charge is 0.330 e. The minimum atomic E-state index is -0.673. The van der Waals surface area contributed by atoms with Crippen molar-refractivity contribution < 1.29 is 4.79 Å². The number of hydrogen-bond donors (Lipinski definition) is 2. The molecule has 0 unspecified atom stereocenters. The lowest BCUT2D eigenvalue weighted by atomic mass is 10.2. The summed E-state index contributed by atoms with van der Waals surface area (Å²) in [6.45, 7) is 3.66. The fourth-order valence-corrected chi connectivity index (χ4v) is 2.32. The highest BCUT2D eigenvalue weighted by Gasteiger charge is 2.22. The van der Waals surface area contributed by atoms with E-state index in [9.17, 15) is 14.4 Å². The van der Waals surface area contributed by atoms with Crippen molar-refractivity contribution in [2.75, 3.05) is 17.7 Å². The van der Waals surface area contributed by atoms with Crippen molar-refractivity contribution in [1.82, 2.24) is 9.55 Å². The van der Waals surface area contributed by atoms with Crippen LogP contribution in [0.1, 0.15) is 19.4 Å². The molecule has 1 amide bonds. The van der Waals surface area contributed by atoms with Gasteiger partial charge in [-0.15, -0.1) is 0 Å². The van der Waals surface area contributed by atoms with Crippen LogP contribution in [0.5, 0.6) is 0 Å². The molecule has 23 heavy (non-hydrogen) atoms. The Hall–Kier alpha value is -2.83. The van der Waals surface area contributed by atoms with E-state index in [1.165, 1.54) is 16.5 Å². The summed E-state index contributed by atoms with van der Waals surface area (Å²) in [5.41, 5.74) is 5.59. The SMILES string of the molecule is CC(C)C(=O)N(C)c1c(N)n(Cc2ccccc2)c(=O)[nH]c1=O. The normalized spacial score (nSPS) is 10.8. The highest BCUT2D eigenvalue weighted by Crippen LogP contribution is 2.18. The quantitative estimate of drug-likeness (QED) is 0.870. The van der Waals surface area contributed by atoms with E-state index in [2.05, 4.69) is 4.98 Å². The number of nitrogens with zero attached hydrogens (tertiary/aromatic N) is 2. The molecule has 2 rings (SSSR count). The maximum Gasteiger partial charge on any atom is 0.330 e. The van der Waals surface area contributed by atoms with Crippen molar-refractivity contribution in [2.45, 2.75) is 20.4 Å². The Labute approximate surface area is 133 Å². The van der Waals surface area contributed by atoms with Crippen molar-refractivity contribution in [3.05, 3.63) is 56.7 Å². The molecule has 0 aliphatic rings. The van der Waals surface area contributed by atoms with Gasteiger partial charge in [0.25, 0.3) is 5.56 Å². The van der Waals surface area contributed by atoms with E-state index >= 15 is 0 Å². The van der Waals surface area contributed by atoms with Gasteiger partial charge in [0.2, 0.25) is 5.91 Å². The van der Waals surface area contributed by atoms with E-state index in [0.29, 0.717) is 0 Å². The van der Waals surface area contributed by atoms with Crippen LogP contribution >= 0.6 is 0 Å². The van der Waals surface area contributed by atoms with Gasteiger partial charge in [0.05, 0.1) is 6.54 Å². The molecule has 122 valence electrons. The molecule has 2 aromatic rings. The monoisotopic (exact) mass is 316 g/mol. The molecule has 1 aromatic carbocycles. The van der Waals surface area contributed by atoms with Crippen LogP contribution in [0.15, 0.2) is 39.9 Å². The van der Waals surface area contributed by atoms with Gasteiger partial charge in [-0.05, 0) is 5.56 Å². The number of nitrogen functional groups attached to an aromatic ring is 1. The van der Waals surface area contributed by atoms with E-state index in [1.54, 1.807) is 13.8 Å². The Kier molecular flexibility index (Phi) is 4.68. The van der Waals surface area contributed by atoms with E-state index in [4.69, 9.17) is 5.73 Å². The van der Waals surface area contributed by atoms with Crippen molar-refractivity contribution in [3.8, 4) is 0 Å². The van der Waals surface area contributed by atoms with Crippen LogP contribution < -0.4 is 21.9 Å². The number of hydrogen-bond acceptors (Lipinski definition) is 4. The van der Waals surface area contributed by atoms with Gasteiger partial charge in [-0.3, -0.25) is 19.1 Å². The molecular weight excluding hydrogens is 296 g/mol. The van der Waals surface area contributed by atoms with Gasteiger partial charge in [0.15, 0.2) is 5.69 Å². The molecule has 0 radical (unpaired) electrons. The molecule has 1 aromatic heterocycles. The minimum absolute atomic E-state index is 0.0146. The van der Waals surface area contributed by atoms with Crippen LogP contribution in [0, 0.1) is 5.92 Å². The lowest BCUT2D eigenvalue weighted by Crippen LogP contribution is -2.40. The van der Waals surface area contributed by atoms with E-state index in [0.717, 1.165) is 5.56 Å². The van der Waals surface area contributed by atoms with Crippen molar-refractivity contribution in [2.24, 2.45) is 5.92 Å². The Balaban J connectivity index is 2.54. The first-order valence-electron chi connectivity index (χ1n) is 7.27. The molecule has 0 aliphatic carbocycles. The summed E-state index contributed by atoms with van der Waals surface area (Å²) in [5, 5.41) is 0. The first-order valence-corrected chi connectivity index (χ1v) is 7.27. The number of carbonyl (C=O) groups is 1. The van der Waals surface area contributed by atoms with Crippen molar-refractivity contribution in [1.29, 1.82) is 0 Å². The maximum atomic E-state index is 12.1. The van der Waals surface area contributed by atoms with Gasteiger partial charge in [-0.1, -0.05) is 44.2 Å². The fourth-order valence-electron chi connectivity index (χ4n) is 2.32. The first kappa shape index (κ1) is 16.5.